The molecule has 2 heterocycles. The second kappa shape index (κ2) is 11.2. The van der Waals surface area contributed by atoms with Crippen molar-refractivity contribution in [3.05, 3.63) is 0 Å². The van der Waals surface area contributed by atoms with Gasteiger partial charge in [-0.25, -0.2) is 0 Å². The highest BCUT2D eigenvalue weighted by Crippen LogP contribution is 2.42. The molecule has 0 aromatic carbocycles. The first-order chi connectivity index (χ1) is 11.2. The van der Waals surface area contributed by atoms with Crippen molar-refractivity contribution in [2.45, 2.75) is 68.8 Å². The highest BCUT2D eigenvalue weighted by molar-refractivity contribution is 8.77. The molecular weight excluding hydrogens is 366 g/mol. The van der Waals surface area contributed by atoms with E-state index < -0.39 is 0 Å². The SMILES string of the molecule is CCCC(C(=O)NC(=O)CCCCC1CCSS1)C1CCSS1. The van der Waals surface area contributed by atoms with Crippen LogP contribution < -0.4 is 5.32 Å². The van der Waals surface area contributed by atoms with Gasteiger partial charge in [0.2, 0.25) is 11.8 Å². The minimum Gasteiger partial charge on any atom is -0.296 e. The average molecular weight is 394 g/mol. The largest absolute Gasteiger partial charge is 0.296 e. The van der Waals surface area contributed by atoms with E-state index >= 15 is 0 Å². The van der Waals surface area contributed by atoms with E-state index in [1.807, 2.05) is 43.2 Å². The van der Waals surface area contributed by atoms with Crippen LogP contribution in [-0.2, 0) is 9.59 Å². The summed E-state index contributed by atoms with van der Waals surface area (Å²) >= 11 is 0. The van der Waals surface area contributed by atoms with E-state index in [2.05, 4.69) is 12.2 Å². The molecule has 3 atom stereocenters. The third-order valence-electron chi connectivity index (χ3n) is 4.23. The normalized spacial score (nSPS) is 25.4. The Kier molecular flexibility index (Phi) is 9.68. The number of amides is 2. The van der Waals surface area contributed by atoms with E-state index in [-0.39, 0.29) is 17.7 Å². The molecule has 2 rings (SSSR count). The lowest BCUT2D eigenvalue weighted by atomic mass is 9.96. The van der Waals surface area contributed by atoms with E-state index in [4.69, 9.17) is 0 Å². The van der Waals surface area contributed by atoms with Crippen molar-refractivity contribution in [3.8, 4) is 0 Å². The van der Waals surface area contributed by atoms with Crippen LogP contribution in [0.15, 0.2) is 0 Å². The Labute approximate surface area is 155 Å². The van der Waals surface area contributed by atoms with E-state index in [0.29, 0.717) is 11.7 Å². The summed E-state index contributed by atoms with van der Waals surface area (Å²) in [7, 11) is 7.63. The molecule has 0 bridgehead atoms. The van der Waals surface area contributed by atoms with Crippen molar-refractivity contribution < 1.29 is 9.59 Å². The van der Waals surface area contributed by atoms with Crippen LogP contribution in [-0.4, -0.2) is 33.8 Å². The van der Waals surface area contributed by atoms with Crippen LogP contribution in [0.2, 0.25) is 0 Å². The Morgan fingerprint density at radius 3 is 2.57 bits per heavy atom. The van der Waals surface area contributed by atoms with E-state index in [0.717, 1.165) is 43.1 Å². The predicted octanol–water partition coefficient (Wildman–Crippen LogP) is 4.91. The first-order valence-electron chi connectivity index (χ1n) is 8.61. The van der Waals surface area contributed by atoms with E-state index in [1.54, 1.807) is 0 Å². The fourth-order valence-electron chi connectivity index (χ4n) is 2.93. The van der Waals surface area contributed by atoms with E-state index in [1.165, 1.54) is 18.6 Å². The Morgan fingerprint density at radius 2 is 1.91 bits per heavy atom. The Balaban J connectivity index is 1.64. The zero-order valence-electron chi connectivity index (χ0n) is 13.8. The molecule has 3 nitrogen and oxygen atoms in total. The Morgan fingerprint density at radius 1 is 1.13 bits per heavy atom. The summed E-state index contributed by atoms with van der Waals surface area (Å²) in [6.07, 6.45) is 7.93. The topological polar surface area (TPSA) is 46.2 Å². The van der Waals surface area contributed by atoms with Gasteiger partial charge in [0.05, 0.1) is 5.92 Å². The first kappa shape index (κ1) is 19.9. The van der Waals surface area contributed by atoms with Gasteiger partial charge in [-0.15, -0.1) is 0 Å². The highest BCUT2D eigenvalue weighted by Gasteiger charge is 2.31. The van der Waals surface area contributed by atoms with Gasteiger partial charge in [0.25, 0.3) is 0 Å². The third-order valence-corrected chi connectivity index (χ3v) is 10.2. The minimum absolute atomic E-state index is 0.00383. The molecule has 1 N–H and O–H groups in total. The lowest BCUT2D eigenvalue weighted by Crippen LogP contribution is -2.39. The lowest BCUT2D eigenvalue weighted by Gasteiger charge is -2.20. The zero-order valence-corrected chi connectivity index (χ0v) is 17.0. The molecule has 23 heavy (non-hydrogen) atoms. The van der Waals surface area contributed by atoms with Gasteiger partial charge in [-0.1, -0.05) is 62.9 Å². The number of carbonyl (C=O) groups excluding carboxylic acids is 2. The van der Waals surface area contributed by atoms with Gasteiger partial charge in [-0.3, -0.25) is 14.9 Å². The molecule has 0 spiro atoms. The van der Waals surface area contributed by atoms with Gasteiger partial charge in [0, 0.05) is 28.4 Å². The van der Waals surface area contributed by atoms with Gasteiger partial charge < -0.3 is 0 Å². The maximum atomic E-state index is 12.4. The number of hydrogen-bond donors (Lipinski definition) is 1. The van der Waals surface area contributed by atoms with E-state index in [9.17, 15) is 9.59 Å². The Hall–Kier alpha value is 0.540. The molecule has 2 saturated heterocycles. The second-order valence-electron chi connectivity index (χ2n) is 6.13. The predicted molar refractivity (Wildman–Crippen MR) is 107 cm³/mol. The van der Waals surface area contributed by atoms with Crippen LogP contribution >= 0.6 is 43.2 Å². The summed E-state index contributed by atoms with van der Waals surface area (Å²) in [6, 6.07) is 0. The standard InChI is InChI=1S/C16H27NO2S4/c1-2-5-13(14-9-11-21-23-14)16(19)17-15(18)7-4-3-6-12-8-10-20-22-12/h12-14H,2-11H2,1H3,(H,17,18,19). The molecule has 0 aliphatic carbocycles. The summed E-state index contributed by atoms with van der Waals surface area (Å²) < 4.78 is 0. The number of unbranched alkanes of at least 4 members (excludes halogenated alkanes) is 1. The van der Waals surface area contributed by atoms with Crippen LogP contribution in [0, 0.1) is 5.92 Å². The average Bonchev–Trinajstić information content (AvgIpc) is 3.22. The van der Waals surface area contributed by atoms with Gasteiger partial charge in [-0.2, -0.15) is 0 Å². The van der Waals surface area contributed by atoms with Gasteiger partial charge in [-0.05, 0) is 32.1 Å². The summed E-state index contributed by atoms with van der Waals surface area (Å²) in [4.78, 5) is 24.4. The van der Waals surface area contributed by atoms with Crippen molar-refractivity contribution in [2.24, 2.45) is 5.92 Å². The second-order valence-corrected chi connectivity index (χ2v) is 11.6. The number of carbonyl (C=O) groups is 2. The van der Waals surface area contributed by atoms with Crippen LogP contribution in [0.3, 0.4) is 0 Å². The molecular formula is C16H27NO2S4. The summed E-state index contributed by atoms with van der Waals surface area (Å²) in [5.41, 5.74) is 0. The molecule has 7 heteroatoms. The molecule has 0 radical (unpaired) electrons. The molecule has 2 fully saturated rings. The molecule has 2 aliphatic rings. The van der Waals surface area contributed by atoms with Crippen molar-refractivity contribution in [1.82, 2.24) is 5.32 Å². The fraction of sp³-hybridized carbons (Fsp3) is 0.875. The maximum Gasteiger partial charge on any atom is 0.230 e. The third kappa shape index (κ3) is 7.12. The summed E-state index contributed by atoms with van der Waals surface area (Å²) in [5.74, 6) is 2.25. The van der Waals surface area contributed by atoms with Crippen molar-refractivity contribution in [2.75, 3.05) is 11.5 Å². The quantitative estimate of drug-likeness (QED) is 0.443. The lowest BCUT2D eigenvalue weighted by molar-refractivity contribution is -0.133. The van der Waals surface area contributed by atoms with Crippen molar-refractivity contribution in [1.29, 1.82) is 0 Å². The van der Waals surface area contributed by atoms with Crippen LogP contribution in [0.5, 0.6) is 0 Å². The van der Waals surface area contributed by atoms with Gasteiger partial charge in [0.1, 0.15) is 0 Å². The summed E-state index contributed by atoms with van der Waals surface area (Å²) in [5, 5.41) is 3.81. The van der Waals surface area contributed by atoms with Crippen LogP contribution in [0.1, 0.15) is 58.3 Å². The Bertz CT molecular complexity index is 382. The number of rotatable bonds is 9. The molecule has 0 aromatic rings. The number of imide groups is 1. The number of nitrogens with one attached hydrogen (secondary N) is 1. The first-order valence-corrected chi connectivity index (χ1v) is 13.4. The molecule has 0 saturated carbocycles. The van der Waals surface area contributed by atoms with Crippen LogP contribution in [0.4, 0.5) is 0 Å². The smallest absolute Gasteiger partial charge is 0.230 e. The zero-order chi connectivity index (χ0) is 16.5. The molecule has 2 amide bonds. The van der Waals surface area contributed by atoms with Gasteiger partial charge in [0.15, 0.2) is 0 Å². The minimum atomic E-state index is -0.0831. The fourth-order valence-corrected chi connectivity index (χ4v) is 9.13. The highest BCUT2D eigenvalue weighted by atomic mass is 33.1. The maximum absolute atomic E-state index is 12.4. The molecule has 2 aliphatic heterocycles. The van der Waals surface area contributed by atoms with Crippen LogP contribution in [0.25, 0.3) is 0 Å². The van der Waals surface area contributed by atoms with Crippen molar-refractivity contribution in [3.63, 3.8) is 0 Å². The molecule has 0 aromatic heterocycles. The van der Waals surface area contributed by atoms with Crippen molar-refractivity contribution >= 4 is 55.0 Å². The summed E-state index contributed by atoms with van der Waals surface area (Å²) in [6.45, 7) is 2.11. The van der Waals surface area contributed by atoms with Gasteiger partial charge >= 0.3 is 0 Å². The number of hydrogen-bond acceptors (Lipinski definition) is 6. The monoisotopic (exact) mass is 393 g/mol. The molecule has 132 valence electrons. The molecule has 3 unspecified atom stereocenters.